The molecule has 2 aromatic heterocycles. The van der Waals surface area contributed by atoms with E-state index in [-0.39, 0.29) is 17.0 Å². The standard InChI is InChI=1S/C19H23N5O2S2/c1-14-20-8-16(27-14)9-21-18-11-24(10-17(18)15-6-4-3-5-7-15)28(25,26)19-12-23(2)13-22-19/h3-8,12-13,17-18,21H,9-11H2,1-2H3/t17-,18+/m1/s1. The number of thiazole rings is 1. The van der Waals surface area contributed by atoms with Crippen LogP contribution in [0.15, 0.2) is 54.1 Å². The Bertz CT molecular complexity index is 1050. The van der Waals surface area contributed by atoms with Gasteiger partial charge in [0.05, 0.1) is 11.3 Å². The first kappa shape index (κ1) is 19.3. The zero-order chi connectivity index (χ0) is 19.7. The second-order valence-electron chi connectivity index (χ2n) is 7.05. The van der Waals surface area contributed by atoms with Crippen molar-refractivity contribution in [2.75, 3.05) is 13.1 Å². The lowest BCUT2D eigenvalue weighted by molar-refractivity contribution is 0.454. The maximum absolute atomic E-state index is 13.1. The van der Waals surface area contributed by atoms with Crippen LogP contribution >= 0.6 is 11.3 Å². The van der Waals surface area contributed by atoms with Gasteiger partial charge in [-0.25, -0.2) is 18.4 Å². The highest BCUT2D eigenvalue weighted by Crippen LogP contribution is 2.31. The van der Waals surface area contributed by atoms with Gasteiger partial charge >= 0.3 is 0 Å². The van der Waals surface area contributed by atoms with E-state index in [4.69, 9.17) is 0 Å². The SMILES string of the molecule is Cc1ncc(CN[C@H]2CN(S(=O)(=O)c3cn(C)cn3)C[C@@H]2c2ccccc2)s1. The molecule has 1 aliphatic rings. The minimum Gasteiger partial charge on any atom is -0.339 e. The number of nitrogens with zero attached hydrogens (tertiary/aromatic N) is 4. The van der Waals surface area contributed by atoms with Crippen molar-refractivity contribution in [3.05, 3.63) is 64.5 Å². The fraction of sp³-hybridized carbons (Fsp3) is 0.368. The molecule has 1 fully saturated rings. The molecule has 9 heteroatoms. The molecule has 3 heterocycles. The molecule has 28 heavy (non-hydrogen) atoms. The van der Waals surface area contributed by atoms with Crippen LogP contribution in [0, 0.1) is 6.92 Å². The van der Waals surface area contributed by atoms with E-state index in [1.54, 1.807) is 33.5 Å². The van der Waals surface area contributed by atoms with Crippen molar-refractivity contribution in [1.82, 2.24) is 24.2 Å². The number of rotatable bonds is 6. The van der Waals surface area contributed by atoms with Crippen molar-refractivity contribution in [3.8, 4) is 0 Å². The van der Waals surface area contributed by atoms with Gasteiger partial charge in [-0.3, -0.25) is 0 Å². The maximum atomic E-state index is 13.1. The summed E-state index contributed by atoms with van der Waals surface area (Å²) >= 11 is 1.66. The van der Waals surface area contributed by atoms with E-state index < -0.39 is 10.0 Å². The fourth-order valence-corrected chi connectivity index (χ4v) is 5.79. The van der Waals surface area contributed by atoms with Crippen LogP contribution in [-0.2, 0) is 23.6 Å². The van der Waals surface area contributed by atoms with Crippen molar-refractivity contribution in [2.45, 2.75) is 30.5 Å². The first-order valence-electron chi connectivity index (χ1n) is 9.11. The van der Waals surface area contributed by atoms with Crippen LogP contribution < -0.4 is 5.32 Å². The highest BCUT2D eigenvalue weighted by Gasteiger charge is 2.40. The fourth-order valence-electron chi connectivity index (χ4n) is 3.58. The number of hydrogen-bond donors (Lipinski definition) is 1. The molecule has 0 radical (unpaired) electrons. The largest absolute Gasteiger partial charge is 0.339 e. The van der Waals surface area contributed by atoms with Crippen molar-refractivity contribution in [2.24, 2.45) is 7.05 Å². The van der Waals surface area contributed by atoms with Gasteiger partial charge in [0, 0.05) is 55.9 Å². The van der Waals surface area contributed by atoms with Crippen molar-refractivity contribution < 1.29 is 8.42 Å². The third-order valence-corrected chi connectivity index (χ3v) is 7.64. The lowest BCUT2D eigenvalue weighted by atomic mass is 9.94. The Hall–Kier alpha value is -2.07. The second kappa shape index (κ2) is 7.75. The number of aromatic nitrogens is 3. The lowest BCUT2D eigenvalue weighted by Crippen LogP contribution is -2.36. The molecule has 1 aliphatic heterocycles. The monoisotopic (exact) mass is 417 g/mol. The van der Waals surface area contributed by atoms with Crippen molar-refractivity contribution in [3.63, 3.8) is 0 Å². The first-order chi connectivity index (χ1) is 13.4. The first-order valence-corrected chi connectivity index (χ1v) is 11.4. The summed E-state index contributed by atoms with van der Waals surface area (Å²) in [4.78, 5) is 9.50. The van der Waals surface area contributed by atoms with Crippen LogP contribution in [0.2, 0.25) is 0 Å². The molecule has 0 spiro atoms. The molecular weight excluding hydrogens is 394 g/mol. The Morgan fingerprint density at radius 2 is 2.00 bits per heavy atom. The summed E-state index contributed by atoms with van der Waals surface area (Å²) < 4.78 is 29.3. The average Bonchev–Trinajstić information content (AvgIpc) is 3.40. The zero-order valence-corrected chi connectivity index (χ0v) is 17.4. The molecule has 4 rings (SSSR count). The summed E-state index contributed by atoms with van der Waals surface area (Å²) in [5.41, 5.74) is 1.14. The number of benzene rings is 1. The van der Waals surface area contributed by atoms with E-state index in [2.05, 4.69) is 27.4 Å². The maximum Gasteiger partial charge on any atom is 0.262 e. The van der Waals surface area contributed by atoms with Gasteiger partial charge in [-0.1, -0.05) is 30.3 Å². The highest BCUT2D eigenvalue weighted by atomic mass is 32.2. The summed E-state index contributed by atoms with van der Waals surface area (Å²) in [6.45, 7) is 3.51. The van der Waals surface area contributed by atoms with E-state index in [0.29, 0.717) is 19.6 Å². The topological polar surface area (TPSA) is 80.1 Å². The normalized spacial score (nSPS) is 20.6. The summed E-state index contributed by atoms with van der Waals surface area (Å²) in [5.74, 6) is 0.0775. The van der Waals surface area contributed by atoms with Crippen LogP contribution in [0.1, 0.15) is 21.4 Å². The Kier molecular flexibility index (Phi) is 5.33. The van der Waals surface area contributed by atoms with E-state index in [0.717, 1.165) is 15.4 Å². The predicted octanol–water partition coefficient (Wildman–Crippen LogP) is 2.13. The number of sulfonamides is 1. The van der Waals surface area contributed by atoms with E-state index in [9.17, 15) is 8.42 Å². The molecule has 7 nitrogen and oxygen atoms in total. The quantitative estimate of drug-likeness (QED) is 0.665. The van der Waals surface area contributed by atoms with Gasteiger partial charge in [-0.2, -0.15) is 4.31 Å². The number of imidazole rings is 1. The summed E-state index contributed by atoms with van der Waals surface area (Å²) in [5, 5.41) is 4.68. The van der Waals surface area contributed by atoms with E-state index >= 15 is 0 Å². The smallest absolute Gasteiger partial charge is 0.262 e. The van der Waals surface area contributed by atoms with Crippen LogP contribution in [-0.4, -0.2) is 46.4 Å². The van der Waals surface area contributed by atoms with Crippen molar-refractivity contribution in [1.29, 1.82) is 0 Å². The molecule has 3 aromatic rings. The molecular formula is C19H23N5O2S2. The van der Waals surface area contributed by atoms with Gasteiger partial charge in [0.15, 0.2) is 5.03 Å². The minimum absolute atomic E-state index is 0.0169. The molecule has 0 bridgehead atoms. The molecule has 1 aromatic carbocycles. The number of hydrogen-bond acceptors (Lipinski definition) is 6. The molecule has 1 N–H and O–H groups in total. The zero-order valence-electron chi connectivity index (χ0n) is 15.8. The molecule has 1 saturated heterocycles. The van der Waals surface area contributed by atoms with Crippen LogP contribution in [0.5, 0.6) is 0 Å². The van der Waals surface area contributed by atoms with Crippen LogP contribution in [0.4, 0.5) is 0 Å². The summed E-state index contributed by atoms with van der Waals surface area (Å²) in [7, 11) is -1.85. The molecule has 0 unspecified atom stereocenters. The second-order valence-corrected chi connectivity index (χ2v) is 10.3. The third kappa shape index (κ3) is 3.88. The molecule has 2 atom stereocenters. The predicted molar refractivity (Wildman–Crippen MR) is 109 cm³/mol. The van der Waals surface area contributed by atoms with Crippen LogP contribution in [0.25, 0.3) is 0 Å². The summed E-state index contributed by atoms with van der Waals surface area (Å²) in [6, 6.07) is 10.1. The third-order valence-electron chi connectivity index (χ3n) is 5.01. The Balaban J connectivity index is 1.57. The van der Waals surface area contributed by atoms with E-state index in [1.807, 2.05) is 31.3 Å². The summed E-state index contributed by atoms with van der Waals surface area (Å²) in [6.07, 6.45) is 4.94. The number of aryl methyl sites for hydroxylation is 2. The minimum atomic E-state index is -3.62. The van der Waals surface area contributed by atoms with Gasteiger partial charge in [-0.15, -0.1) is 11.3 Å². The van der Waals surface area contributed by atoms with Crippen molar-refractivity contribution >= 4 is 21.4 Å². The average molecular weight is 418 g/mol. The van der Waals surface area contributed by atoms with Gasteiger partial charge in [0.2, 0.25) is 0 Å². The van der Waals surface area contributed by atoms with Crippen LogP contribution in [0.3, 0.4) is 0 Å². The lowest BCUT2D eigenvalue weighted by Gasteiger charge is -2.19. The van der Waals surface area contributed by atoms with Gasteiger partial charge in [0.25, 0.3) is 10.0 Å². The Morgan fingerprint density at radius 3 is 2.64 bits per heavy atom. The Labute approximate surface area is 169 Å². The molecule has 0 aliphatic carbocycles. The Morgan fingerprint density at radius 1 is 1.21 bits per heavy atom. The van der Waals surface area contributed by atoms with E-state index in [1.165, 1.54) is 6.33 Å². The van der Waals surface area contributed by atoms with Gasteiger partial charge in [-0.05, 0) is 12.5 Å². The molecule has 148 valence electrons. The number of nitrogens with one attached hydrogen (secondary N) is 1. The van der Waals surface area contributed by atoms with Gasteiger partial charge < -0.3 is 9.88 Å². The molecule has 0 saturated carbocycles. The molecule has 0 amide bonds. The highest BCUT2D eigenvalue weighted by molar-refractivity contribution is 7.89. The van der Waals surface area contributed by atoms with Gasteiger partial charge in [0.1, 0.15) is 0 Å².